The maximum absolute atomic E-state index is 13.3. The first-order valence-electron chi connectivity index (χ1n) is 11.4. The number of anilines is 1. The fourth-order valence-electron chi connectivity index (χ4n) is 4.19. The Morgan fingerprint density at radius 2 is 1.53 bits per heavy atom. The SMILES string of the molecule is CSc1ccc(S(=O)(=O)Nc2ccccc2C(=O)N2CCOCC2)cc1C(=O)N1CCCCC1. The molecule has 2 aliphatic heterocycles. The maximum Gasteiger partial charge on any atom is 0.261 e. The van der Waals surface area contributed by atoms with Crippen LogP contribution in [0.1, 0.15) is 40.0 Å². The highest BCUT2D eigenvalue weighted by atomic mass is 32.2. The molecule has 182 valence electrons. The van der Waals surface area contributed by atoms with Gasteiger partial charge in [-0.1, -0.05) is 12.1 Å². The van der Waals surface area contributed by atoms with E-state index in [9.17, 15) is 18.0 Å². The number of amides is 2. The van der Waals surface area contributed by atoms with Crippen LogP contribution >= 0.6 is 11.8 Å². The first kappa shape index (κ1) is 24.6. The summed E-state index contributed by atoms with van der Waals surface area (Å²) in [5, 5.41) is 0. The summed E-state index contributed by atoms with van der Waals surface area (Å²) in [6.07, 6.45) is 4.87. The fraction of sp³-hybridized carbons (Fsp3) is 0.417. The second kappa shape index (κ2) is 10.8. The Morgan fingerprint density at radius 1 is 0.882 bits per heavy atom. The molecule has 0 saturated carbocycles. The van der Waals surface area contributed by atoms with Crippen LogP contribution in [0.3, 0.4) is 0 Å². The Hall–Kier alpha value is -2.56. The molecule has 2 amide bonds. The lowest BCUT2D eigenvalue weighted by atomic mass is 10.1. The van der Waals surface area contributed by atoms with Crippen LogP contribution in [0.5, 0.6) is 0 Å². The van der Waals surface area contributed by atoms with Gasteiger partial charge in [-0.25, -0.2) is 8.42 Å². The number of hydrogen-bond acceptors (Lipinski definition) is 6. The van der Waals surface area contributed by atoms with Gasteiger partial charge in [-0.15, -0.1) is 11.8 Å². The lowest BCUT2D eigenvalue weighted by Crippen LogP contribution is -2.41. The van der Waals surface area contributed by atoms with Crippen molar-refractivity contribution >= 4 is 39.3 Å². The van der Waals surface area contributed by atoms with E-state index >= 15 is 0 Å². The van der Waals surface area contributed by atoms with Gasteiger partial charge in [0.05, 0.1) is 34.9 Å². The molecule has 0 atom stereocenters. The number of ether oxygens (including phenoxy) is 1. The van der Waals surface area contributed by atoms with Gasteiger partial charge in [0.15, 0.2) is 0 Å². The minimum Gasteiger partial charge on any atom is -0.378 e. The van der Waals surface area contributed by atoms with Crippen molar-refractivity contribution in [1.82, 2.24) is 9.80 Å². The van der Waals surface area contributed by atoms with Crippen molar-refractivity contribution in [2.45, 2.75) is 29.1 Å². The molecule has 0 aromatic heterocycles. The first-order chi connectivity index (χ1) is 16.4. The Labute approximate surface area is 204 Å². The molecule has 2 saturated heterocycles. The molecule has 2 fully saturated rings. The molecule has 2 aliphatic rings. The van der Waals surface area contributed by atoms with Crippen LogP contribution in [0.2, 0.25) is 0 Å². The average molecular weight is 504 g/mol. The molecule has 10 heteroatoms. The van der Waals surface area contributed by atoms with Crippen LogP contribution in [0.4, 0.5) is 5.69 Å². The summed E-state index contributed by atoms with van der Waals surface area (Å²) in [6.45, 7) is 3.18. The van der Waals surface area contributed by atoms with Crippen LogP contribution in [0.25, 0.3) is 0 Å². The minimum atomic E-state index is -4.04. The summed E-state index contributed by atoms with van der Waals surface area (Å²) >= 11 is 1.41. The quantitative estimate of drug-likeness (QED) is 0.608. The highest BCUT2D eigenvalue weighted by molar-refractivity contribution is 7.98. The molecule has 2 aromatic carbocycles. The monoisotopic (exact) mass is 503 g/mol. The van der Waals surface area contributed by atoms with Gasteiger partial charge in [0, 0.05) is 31.1 Å². The number of morpholine rings is 1. The number of para-hydroxylation sites is 1. The smallest absolute Gasteiger partial charge is 0.261 e. The van der Waals surface area contributed by atoms with Crippen molar-refractivity contribution in [2.24, 2.45) is 0 Å². The number of carbonyl (C=O) groups is 2. The lowest BCUT2D eigenvalue weighted by molar-refractivity contribution is 0.0303. The molecule has 4 rings (SSSR count). The van der Waals surface area contributed by atoms with Gasteiger partial charge >= 0.3 is 0 Å². The van der Waals surface area contributed by atoms with E-state index in [0.29, 0.717) is 45.0 Å². The highest BCUT2D eigenvalue weighted by Gasteiger charge is 2.26. The third-order valence-electron chi connectivity index (χ3n) is 6.06. The van der Waals surface area contributed by atoms with Gasteiger partial charge in [-0.05, 0) is 55.9 Å². The van der Waals surface area contributed by atoms with E-state index in [1.54, 1.807) is 40.1 Å². The van der Waals surface area contributed by atoms with Crippen molar-refractivity contribution < 1.29 is 22.7 Å². The number of benzene rings is 2. The van der Waals surface area contributed by atoms with Gasteiger partial charge in [-0.3, -0.25) is 14.3 Å². The average Bonchev–Trinajstić information content (AvgIpc) is 2.88. The topological polar surface area (TPSA) is 96.0 Å². The standard InChI is InChI=1S/C24H29N3O5S2/c1-33-22-10-9-18(17-20(22)24(29)26-11-5-2-6-12-26)34(30,31)25-21-8-4-3-7-19(21)23(28)27-13-15-32-16-14-27/h3-4,7-10,17,25H,2,5-6,11-16H2,1H3. The molecular formula is C24H29N3O5S2. The number of carbonyl (C=O) groups excluding carboxylic acids is 2. The number of thioether (sulfide) groups is 1. The van der Waals surface area contributed by atoms with E-state index in [0.717, 1.165) is 24.2 Å². The Kier molecular flexibility index (Phi) is 7.80. The van der Waals surface area contributed by atoms with Gasteiger partial charge in [-0.2, -0.15) is 0 Å². The van der Waals surface area contributed by atoms with Gasteiger partial charge in [0.25, 0.3) is 21.8 Å². The van der Waals surface area contributed by atoms with Crippen LogP contribution in [0, 0.1) is 0 Å². The van der Waals surface area contributed by atoms with Crippen molar-refractivity contribution in [3.05, 3.63) is 53.6 Å². The number of rotatable bonds is 6. The number of hydrogen-bond donors (Lipinski definition) is 1. The van der Waals surface area contributed by atoms with Gasteiger partial charge in [0.1, 0.15) is 0 Å². The third-order valence-corrected chi connectivity index (χ3v) is 8.21. The van der Waals surface area contributed by atoms with E-state index in [1.807, 2.05) is 6.26 Å². The Bertz CT molecular complexity index is 1160. The molecule has 0 bridgehead atoms. The summed E-state index contributed by atoms with van der Waals surface area (Å²) in [5.41, 5.74) is 0.866. The second-order valence-electron chi connectivity index (χ2n) is 8.27. The van der Waals surface area contributed by atoms with Gasteiger partial charge in [0.2, 0.25) is 0 Å². The van der Waals surface area contributed by atoms with E-state index in [2.05, 4.69) is 4.72 Å². The number of nitrogens with one attached hydrogen (secondary N) is 1. The predicted octanol–water partition coefficient (Wildman–Crippen LogP) is 3.31. The summed E-state index contributed by atoms with van der Waals surface area (Å²) in [5.74, 6) is -0.399. The molecule has 0 radical (unpaired) electrons. The van der Waals surface area contributed by atoms with E-state index in [4.69, 9.17) is 4.74 Å². The predicted molar refractivity (Wildman–Crippen MR) is 132 cm³/mol. The molecule has 8 nitrogen and oxygen atoms in total. The molecule has 0 aliphatic carbocycles. The zero-order chi connectivity index (χ0) is 24.1. The molecule has 2 aromatic rings. The van der Waals surface area contributed by atoms with Crippen LogP contribution in [-0.4, -0.2) is 75.7 Å². The Balaban J connectivity index is 1.62. The number of piperidine rings is 1. The van der Waals surface area contributed by atoms with E-state index in [-0.39, 0.29) is 28.0 Å². The normalized spacial score (nSPS) is 16.9. The van der Waals surface area contributed by atoms with Crippen LogP contribution < -0.4 is 4.72 Å². The highest BCUT2D eigenvalue weighted by Crippen LogP contribution is 2.28. The fourth-order valence-corrected chi connectivity index (χ4v) is 5.86. The summed E-state index contributed by atoms with van der Waals surface area (Å²) in [6, 6.07) is 11.2. The van der Waals surface area contributed by atoms with Crippen LogP contribution in [0.15, 0.2) is 52.3 Å². The minimum absolute atomic E-state index is 0.0146. The molecule has 0 spiro atoms. The summed E-state index contributed by atoms with van der Waals surface area (Å²) in [4.78, 5) is 30.4. The number of nitrogens with zero attached hydrogens (tertiary/aromatic N) is 2. The first-order valence-corrected chi connectivity index (χ1v) is 14.1. The second-order valence-corrected chi connectivity index (χ2v) is 10.8. The van der Waals surface area contributed by atoms with E-state index in [1.165, 1.54) is 23.9 Å². The van der Waals surface area contributed by atoms with Crippen molar-refractivity contribution in [3.8, 4) is 0 Å². The molecule has 0 unspecified atom stereocenters. The summed E-state index contributed by atoms with van der Waals surface area (Å²) < 4.78 is 34.5. The zero-order valence-corrected chi connectivity index (χ0v) is 20.8. The van der Waals surface area contributed by atoms with Crippen molar-refractivity contribution in [3.63, 3.8) is 0 Å². The van der Waals surface area contributed by atoms with Crippen LogP contribution in [-0.2, 0) is 14.8 Å². The molecule has 34 heavy (non-hydrogen) atoms. The molecular weight excluding hydrogens is 474 g/mol. The number of sulfonamides is 1. The third kappa shape index (κ3) is 5.39. The van der Waals surface area contributed by atoms with Crippen molar-refractivity contribution in [1.29, 1.82) is 0 Å². The van der Waals surface area contributed by atoms with E-state index < -0.39 is 10.0 Å². The number of likely N-dealkylation sites (tertiary alicyclic amines) is 1. The Morgan fingerprint density at radius 3 is 2.24 bits per heavy atom. The largest absolute Gasteiger partial charge is 0.378 e. The zero-order valence-electron chi connectivity index (χ0n) is 19.2. The molecule has 1 N–H and O–H groups in total. The maximum atomic E-state index is 13.3. The van der Waals surface area contributed by atoms with Gasteiger partial charge < -0.3 is 14.5 Å². The van der Waals surface area contributed by atoms with Crippen molar-refractivity contribution in [2.75, 3.05) is 50.4 Å². The summed E-state index contributed by atoms with van der Waals surface area (Å²) in [7, 11) is -4.04. The molecule has 2 heterocycles. The lowest BCUT2D eigenvalue weighted by Gasteiger charge is -2.28.